The number of benzene rings is 1. The molecule has 2 heterocycles. The quantitative estimate of drug-likeness (QED) is 0.533. The first-order chi connectivity index (χ1) is 12.0. The van der Waals surface area contributed by atoms with Crippen LogP contribution in [-0.2, 0) is 6.54 Å². The fraction of sp³-hybridized carbons (Fsp3) is 0.200. The molecule has 3 aromatic rings. The van der Waals surface area contributed by atoms with Crippen LogP contribution in [0, 0.1) is 10.1 Å². The van der Waals surface area contributed by atoms with E-state index in [-0.39, 0.29) is 30.1 Å². The van der Waals surface area contributed by atoms with E-state index in [0.29, 0.717) is 0 Å². The molecule has 0 radical (unpaired) electrons. The summed E-state index contributed by atoms with van der Waals surface area (Å²) in [6, 6.07) is 10.5. The van der Waals surface area contributed by atoms with Gasteiger partial charge in [0.05, 0.1) is 23.4 Å². The summed E-state index contributed by atoms with van der Waals surface area (Å²) in [6.07, 6.45) is 1.42. The van der Waals surface area contributed by atoms with Gasteiger partial charge in [0.2, 0.25) is 0 Å². The van der Waals surface area contributed by atoms with Crippen LogP contribution < -0.4 is 5.32 Å². The van der Waals surface area contributed by atoms with Gasteiger partial charge in [-0.1, -0.05) is 35.5 Å². The van der Waals surface area contributed by atoms with Gasteiger partial charge in [0.15, 0.2) is 5.82 Å². The monoisotopic (exact) mass is 342 g/mol. The lowest BCUT2D eigenvalue weighted by Crippen LogP contribution is -2.26. The zero-order chi connectivity index (χ0) is 17.8. The second kappa shape index (κ2) is 6.91. The van der Waals surface area contributed by atoms with E-state index in [1.165, 1.54) is 16.9 Å². The van der Waals surface area contributed by atoms with Crippen molar-refractivity contribution in [1.29, 1.82) is 0 Å². The molecule has 10 nitrogen and oxygen atoms in total. The Morgan fingerprint density at radius 3 is 2.80 bits per heavy atom. The van der Waals surface area contributed by atoms with E-state index in [0.717, 1.165) is 5.56 Å². The molecule has 1 atom stereocenters. The highest BCUT2D eigenvalue weighted by Gasteiger charge is 2.19. The van der Waals surface area contributed by atoms with Crippen molar-refractivity contribution >= 4 is 11.7 Å². The third-order valence-corrected chi connectivity index (χ3v) is 3.43. The van der Waals surface area contributed by atoms with Crippen LogP contribution in [0.1, 0.15) is 35.0 Å². The number of nitrogens with one attached hydrogen (secondary N) is 1. The van der Waals surface area contributed by atoms with Crippen molar-refractivity contribution < 1.29 is 14.2 Å². The number of rotatable bonds is 6. The maximum Gasteiger partial charge on any atom is 0.389 e. The summed E-state index contributed by atoms with van der Waals surface area (Å²) in [6.45, 7) is 1.90. The number of nitrogens with zero attached hydrogens (tertiary/aromatic N) is 5. The molecule has 0 fully saturated rings. The van der Waals surface area contributed by atoms with Crippen molar-refractivity contribution in [3.05, 3.63) is 70.0 Å². The van der Waals surface area contributed by atoms with Crippen molar-refractivity contribution in [2.75, 3.05) is 0 Å². The Hall–Kier alpha value is -3.56. The van der Waals surface area contributed by atoms with E-state index in [2.05, 4.69) is 20.6 Å². The van der Waals surface area contributed by atoms with Gasteiger partial charge in [-0.3, -0.25) is 4.79 Å². The molecule has 0 bridgehead atoms. The average Bonchev–Trinajstić information content (AvgIpc) is 3.26. The Balaban J connectivity index is 1.64. The molecule has 0 aliphatic heterocycles. The minimum atomic E-state index is -0.601. The Kier molecular flexibility index (Phi) is 4.50. The summed E-state index contributed by atoms with van der Waals surface area (Å²) < 4.78 is 6.23. The van der Waals surface area contributed by atoms with Crippen LogP contribution in [0.2, 0.25) is 0 Å². The first-order valence-corrected chi connectivity index (χ1v) is 7.39. The number of carbonyl (C=O) groups excluding carboxylic acids is 1. The van der Waals surface area contributed by atoms with Gasteiger partial charge >= 0.3 is 17.6 Å². The van der Waals surface area contributed by atoms with Crippen LogP contribution in [0.5, 0.6) is 0 Å². The molecule has 0 aliphatic rings. The molecule has 1 aromatic carbocycles. The number of amides is 1. The predicted octanol–water partition coefficient (Wildman–Crippen LogP) is 1.71. The number of hydrogen-bond donors (Lipinski definition) is 1. The third kappa shape index (κ3) is 3.86. The van der Waals surface area contributed by atoms with Crippen molar-refractivity contribution in [1.82, 2.24) is 25.2 Å². The third-order valence-electron chi connectivity index (χ3n) is 3.43. The second-order valence-electron chi connectivity index (χ2n) is 5.25. The summed E-state index contributed by atoms with van der Waals surface area (Å²) in [7, 11) is 0. The Bertz CT molecular complexity index is 888. The lowest BCUT2D eigenvalue weighted by Gasteiger charge is -2.12. The highest BCUT2D eigenvalue weighted by Crippen LogP contribution is 2.12. The fourth-order valence-electron chi connectivity index (χ4n) is 2.18. The van der Waals surface area contributed by atoms with E-state index < -0.39 is 10.8 Å². The highest BCUT2D eigenvalue weighted by atomic mass is 16.6. The van der Waals surface area contributed by atoms with Gasteiger partial charge < -0.3 is 20.0 Å². The standard InChI is InChI=1S/C15H14N6O4/c1-10(11-5-3-2-4-6-11)16-14(22)15-17-12(19-25-15)9-20-8-7-13(18-20)21(23)24/h2-8,10H,9H2,1H3,(H,16,22). The second-order valence-corrected chi connectivity index (χ2v) is 5.25. The van der Waals surface area contributed by atoms with E-state index in [9.17, 15) is 14.9 Å². The number of aromatic nitrogens is 4. The average molecular weight is 342 g/mol. The van der Waals surface area contributed by atoms with Crippen LogP contribution >= 0.6 is 0 Å². The zero-order valence-corrected chi connectivity index (χ0v) is 13.2. The van der Waals surface area contributed by atoms with Crippen LogP contribution in [0.4, 0.5) is 5.82 Å². The number of nitro groups is 1. The minimum absolute atomic E-state index is 0.0544. The highest BCUT2D eigenvalue weighted by molar-refractivity contribution is 5.89. The summed E-state index contributed by atoms with van der Waals surface area (Å²) in [4.78, 5) is 26.2. The van der Waals surface area contributed by atoms with Crippen LogP contribution in [0.15, 0.2) is 47.1 Å². The molecular formula is C15H14N6O4. The Labute approximate surface area is 141 Å². The van der Waals surface area contributed by atoms with Gasteiger partial charge in [0.25, 0.3) is 0 Å². The molecule has 10 heteroatoms. The molecule has 3 rings (SSSR count). The number of hydrogen-bond acceptors (Lipinski definition) is 7. The molecule has 2 aromatic heterocycles. The lowest BCUT2D eigenvalue weighted by molar-refractivity contribution is -0.389. The zero-order valence-electron chi connectivity index (χ0n) is 13.2. The summed E-state index contributed by atoms with van der Waals surface area (Å²) in [5, 5.41) is 20.8. The number of carbonyl (C=O) groups is 1. The summed E-state index contributed by atoms with van der Waals surface area (Å²) in [5.41, 5.74) is 0.944. The smallest absolute Gasteiger partial charge is 0.358 e. The molecule has 0 spiro atoms. The van der Waals surface area contributed by atoms with E-state index in [1.807, 2.05) is 37.3 Å². The molecular weight excluding hydrogens is 328 g/mol. The molecule has 1 unspecified atom stereocenters. The van der Waals surface area contributed by atoms with E-state index in [4.69, 9.17) is 4.52 Å². The Morgan fingerprint density at radius 1 is 1.36 bits per heavy atom. The fourth-order valence-corrected chi connectivity index (χ4v) is 2.18. The van der Waals surface area contributed by atoms with Gasteiger partial charge in [-0.05, 0) is 17.4 Å². The van der Waals surface area contributed by atoms with Crippen LogP contribution in [-0.4, -0.2) is 30.8 Å². The molecule has 0 saturated heterocycles. The molecule has 0 aliphatic carbocycles. The summed E-state index contributed by atoms with van der Waals surface area (Å²) in [5.74, 6) is -0.769. The summed E-state index contributed by atoms with van der Waals surface area (Å²) >= 11 is 0. The maximum absolute atomic E-state index is 12.2. The minimum Gasteiger partial charge on any atom is -0.358 e. The van der Waals surface area contributed by atoms with Gasteiger partial charge in [0, 0.05) is 0 Å². The lowest BCUT2D eigenvalue weighted by atomic mass is 10.1. The van der Waals surface area contributed by atoms with Crippen molar-refractivity contribution in [2.24, 2.45) is 0 Å². The van der Waals surface area contributed by atoms with Gasteiger partial charge in [-0.25, -0.2) is 0 Å². The topological polar surface area (TPSA) is 129 Å². The first-order valence-electron chi connectivity index (χ1n) is 7.39. The molecule has 128 valence electrons. The molecule has 1 N–H and O–H groups in total. The maximum atomic E-state index is 12.2. The first kappa shape index (κ1) is 16.3. The molecule has 25 heavy (non-hydrogen) atoms. The van der Waals surface area contributed by atoms with Crippen molar-refractivity contribution in [3.63, 3.8) is 0 Å². The van der Waals surface area contributed by atoms with Crippen molar-refractivity contribution in [3.8, 4) is 0 Å². The molecule has 1 amide bonds. The largest absolute Gasteiger partial charge is 0.389 e. The Morgan fingerprint density at radius 2 is 2.12 bits per heavy atom. The molecule has 0 saturated carbocycles. The van der Waals surface area contributed by atoms with Crippen LogP contribution in [0.25, 0.3) is 0 Å². The van der Waals surface area contributed by atoms with Gasteiger partial charge in [-0.15, -0.1) is 0 Å². The van der Waals surface area contributed by atoms with Gasteiger partial charge in [0.1, 0.15) is 6.54 Å². The SMILES string of the molecule is CC(NC(=O)c1nc(Cn2ccc([N+](=O)[O-])n2)no1)c1ccccc1. The van der Waals surface area contributed by atoms with Crippen molar-refractivity contribution in [2.45, 2.75) is 19.5 Å². The van der Waals surface area contributed by atoms with E-state index in [1.54, 1.807) is 0 Å². The normalized spacial score (nSPS) is 11.9. The van der Waals surface area contributed by atoms with E-state index >= 15 is 0 Å². The van der Waals surface area contributed by atoms with Gasteiger partial charge in [-0.2, -0.15) is 9.67 Å². The predicted molar refractivity (Wildman–Crippen MR) is 84.6 cm³/mol. The van der Waals surface area contributed by atoms with Crippen LogP contribution in [0.3, 0.4) is 0 Å².